The number of benzene rings is 2. The van der Waals surface area contributed by atoms with Crippen LogP contribution in [0, 0.1) is 0 Å². The van der Waals surface area contributed by atoms with Crippen LogP contribution < -0.4 is 4.90 Å². The second-order valence-electron chi connectivity index (χ2n) is 11.1. The van der Waals surface area contributed by atoms with Gasteiger partial charge >= 0.3 is 11.9 Å². The molecule has 4 rings (SSSR count). The number of hydrogen-bond donors (Lipinski definition) is 0. The maximum Gasteiger partial charge on any atom is 0.330 e. The Labute approximate surface area is 244 Å². The van der Waals surface area contributed by atoms with Gasteiger partial charge in [-0.2, -0.15) is 4.58 Å². The molecule has 0 spiro atoms. The summed E-state index contributed by atoms with van der Waals surface area (Å²) in [5.74, 6) is -0.664. The zero-order chi connectivity index (χ0) is 29.6. The number of para-hydroxylation sites is 2. The number of fused-ring (bicyclic) bond motifs is 2. The maximum atomic E-state index is 11.9. The van der Waals surface area contributed by atoms with Crippen molar-refractivity contribution < 1.29 is 23.6 Å². The Hall–Kier alpha value is -4.19. The number of hydrogen-bond acceptors (Lipinski definition) is 5. The van der Waals surface area contributed by atoms with Gasteiger partial charge in [-0.05, 0) is 51.5 Å². The van der Waals surface area contributed by atoms with E-state index >= 15 is 0 Å². The Morgan fingerprint density at radius 2 is 1.44 bits per heavy atom. The van der Waals surface area contributed by atoms with E-state index in [0.29, 0.717) is 26.3 Å². The average Bonchev–Trinajstić information content (AvgIpc) is 3.28. The molecule has 0 fully saturated rings. The first-order valence-electron chi connectivity index (χ1n) is 14.3. The first-order chi connectivity index (χ1) is 19.6. The summed E-state index contributed by atoms with van der Waals surface area (Å²) in [4.78, 5) is 26.1. The van der Waals surface area contributed by atoms with E-state index in [9.17, 15) is 9.59 Å². The summed E-state index contributed by atoms with van der Waals surface area (Å²) >= 11 is 0. The van der Waals surface area contributed by atoms with Crippen molar-refractivity contribution in [3.05, 3.63) is 108 Å². The van der Waals surface area contributed by atoms with Crippen LogP contribution in [0.3, 0.4) is 0 Å². The zero-order valence-electron chi connectivity index (χ0n) is 25.0. The Bertz CT molecular complexity index is 1460. The van der Waals surface area contributed by atoms with Crippen molar-refractivity contribution in [3.8, 4) is 0 Å². The predicted octanol–water partition coefficient (Wildman–Crippen LogP) is 6.54. The molecule has 0 atom stereocenters. The summed E-state index contributed by atoms with van der Waals surface area (Å²) < 4.78 is 12.4. The molecular formula is C35H41N2O4+. The summed E-state index contributed by atoms with van der Waals surface area (Å²) in [7, 11) is 0. The minimum Gasteiger partial charge on any atom is -0.463 e. The normalized spacial score (nSPS) is 18.1. The van der Waals surface area contributed by atoms with Gasteiger partial charge in [0.25, 0.3) is 0 Å². The van der Waals surface area contributed by atoms with Crippen molar-refractivity contribution in [1.82, 2.24) is 0 Å². The molecule has 6 heteroatoms. The van der Waals surface area contributed by atoms with Crippen molar-refractivity contribution in [1.29, 1.82) is 0 Å². The lowest BCUT2D eigenvalue weighted by atomic mass is 9.81. The fourth-order valence-corrected chi connectivity index (χ4v) is 5.80. The monoisotopic (exact) mass is 553 g/mol. The van der Waals surface area contributed by atoms with E-state index in [1.54, 1.807) is 13.8 Å². The Morgan fingerprint density at radius 1 is 0.829 bits per heavy atom. The second kappa shape index (κ2) is 12.5. The van der Waals surface area contributed by atoms with Gasteiger partial charge in [0.2, 0.25) is 5.69 Å². The van der Waals surface area contributed by atoms with Gasteiger partial charge < -0.3 is 14.4 Å². The van der Waals surface area contributed by atoms with Gasteiger partial charge in [0, 0.05) is 53.2 Å². The Kier molecular flexibility index (Phi) is 9.11. The molecule has 0 saturated carbocycles. The lowest BCUT2D eigenvalue weighted by Gasteiger charge is -2.26. The molecule has 0 amide bonds. The molecule has 0 aliphatic carbocycles. The highest BCUT2D eigenvalue weighted by atomic mass is 16.5. The van der Waals surface area contributed by atoms with E-state index in [2.05, 4.69) is 91.8 Å². The van der Waals surface area contributed by atoms with Crippen LogP contribution in [0.2, 0.25) is 0 Å². The van der Waals surface area contributed by atoms with Crippen molar-refractivity contribution in [2.45, 2.75) is 52.4 Å². The third kappa shape index (κ3) is 6.12. The summed E-state index contributed by atoms with van der Waals surface area (Å²) in [6.07, 6.45) is 13.2. The van der Waals surface area contributed by atoms with Gasteiger partial charge in [0.15, 0.2) is 12.3 Å². The Balaban J connectivity index is 1.70. The van der Waals surface area contributed by atoms with Crippen LogP contribution in [0.15, 0.2) is 96.8 Å². The molecule has 41 heavy (non-hydrogen) atoms. The second-order valence-corrected chi connectivity index (χ2v) is 11.1. The molecule has 2 aromatic carbocycles. The largest absolute Gasteiger partial charge is 0.463 e. The van der Waals surface area contributed by atoms with E-state index in [0.717, 1.165) is 22.8 Å². The van der Waals surface area contributed by atoms with Crippen LogP contribution in [-0.4, -0.2) is 48.5 Å². The fourth-order valence-electron chi connectivity index (χ4n) is 5.80. The SMILES string of the molecule is CCOC(=O)/C=C/CN1/C(=C/C=C/C2=[N+](C/C=C/C(=O)OCC)c3ccccc3C2(C)C)C(C)(C)c2ccccc21. The highest BCUT2D eigenvalue weighted by molar-refractivity contribution is 6.03. The summed E-state index contributed by atoms with van der Waals surface area (Å²) in [6.45, 7) is 14.3. The van der Waals surface area contributed by atoms with Crippen LogP contribution >= 0.6 is 0 Å². The molecule has 2 aromatic rings. The molecule has 2 heterocycles. The van der Waals surface area contributed by atoms with Crippen molar-refractivity contribution in [3.63, 3.8) is 0 Å². The minimum atomic E-state index is -0.332. The highest BCUT2D eigenvalue weighted by Crippen LogP contribution is 2.47. The van der Waals surface area contributed by atoms with Crippen LogP contribution in [0.1, 0.15) is 52.7 Å². The van der Waals surface area contributed by atoms with Crippen LogP contribution in [0.4, 0.5) is 11.4 Å². The number of allylic oxidation sites excluding steroid dienone is 4. The molecule has 0 aromatic heterocycles. The first-order valence-corrected chi connectivity index (χ1v) is 14.3. The quantitative estimate of drug-likeness (QED) is 0.190. The molecule has 0 N–H and O–H groups in total. The number of rotatable bonds is 10. The van der Waals surface area contributed by atoms with E-state index < -0.39 is 0 Å². The maximum absolute atomic E-state index is 11.9. The topological polar surface area (TPSA) is 58.8 Å². The fraction of sp³-hybridized carbons (Fsp3) is 0.343. The van der Waals surface area contributed by atoms with Gasteiger partial charge in [0.05, 0.1) is 18.6 Å². The van der Waals surface area contributed by atoms with Gasteiger partial charge in [-0.3, -0.25) is 0 Å². The molecule has 0 radical (unpaired) electrons. The standard InChI is InChI=1S/C35H41N2O4/c1-7-40-32(38)22-14-24-36-28-18-11-9-16-26(28)34(3,4)30(36)20-13-21-31-35(5,6)27-17-10-12-19-29(27)37(31)25-15-23-33(39)41-8-2/h9-23H,7-8,24-25H2,1-6H3/q+1/b22-14+,23-15+. The lowest BCUT2D eigenvalue weighted by molar-refractivity contribution is -0.425. The predicted molar refractivity (Wildman–Crippen MR) is 165 cm³/mol. The van der Waals surface area contributed by atoms with E-state index in [4.69, 9.17) is 9.47 Å². The molecule has 0 bridgehead atoms. The molecule has 6 nitrogen and oxygen atoms in total. The first kappa shape index (κ1) is 29.8. The number of nitrogens with zero attached hydrogens (tertiary/aromatic N) is 2. The summed E-state index contributed by atoms with van der Waals surface area (Å²) in [5, 5.41) is 0. The third-order valence-electron chi connectivity index (χ3n) is 7.76. The van der Waals surface area contributed by atoms with Gasteiger partial charge in [0.1, 0.15) is 0 Å². The van der Waals surface area contributed by atoms with Crippen molar-refractivity contribution >= 4 is 29.0 Å². The van der Waals surface area contributed by atoms with Gasteiger partial charge in [-0.1, -0.05) is 62.4 Å². The number of carbonyl (C=O) groups is 2. The number of ether oxygens (including phenoxy) is 2. The average molecular weight is 554 g/mol. The molecule has 0 saturated heterocycles. The van der Waals surface area contributed by atoms with Crippen molar-refractivity contribution in [2.24, 2.45) is 0 Å². The van der Waals surface area contributed by atoms with Crippen LogP contribution in [0.25, 0.3) is 0 Å². The number of esters is 2. The van der Waals surface area contributed by atoms with E-state index in [1.807, 2.05) is 24.3 Å². The highest BCUT2D eigenvalue weighted by Gasteiger charge is 2.44. The van der Waals surface area contributed by atoms with Gasteiger partial charge in [-0.25, -0.2) is 9.59 Å². The van der Waals surface area contributed by atoms with Gasteiger partial charge in [-0.15, -0.1) is 0 Å². The minimum absolute atomic E-state index is 0.223. The zero-order valence-corrected chi connectivity index (χ0v) is 25.0. The molecular weight excluding hydrogens is 512 g/mol. The number of carbonyl (C=O) groups excluding carboxylic acids is 2. The lowest BCUT2D eigenvalue weighted by Crippen LogP contribution is -2.28. The Morgan fingerprint density at radius 3 is 2.12 bits per heavy atom. The number of anilines is 1. The van der Waals surface area contributed by atoms with E-state index in [-0.39, 0.29) is 22.8 Å². The van der Waals surface area contributed by atoms with E-state index in [1.165, 1.54) is 23.3 Å². The third-order valence-corrected chi connectivity index (χ3v) is 7.76. The van der Waals surface area contributed by atoms with Crippen LogP contribution in [-0.2, 0) is 29.9 Å². The van der Waals surface area contributed by atoms with Crippen LogP contribution in [0.5, 0.6) is 0 Å². The molecule has 0 unspecified atom stereocenters. The molecule has 2 aliphatic rings. The summed E-state index contributed by atoms with van der Waals surface area (Å²) in [6, 6.07) is 16.8. The molecule has 214 valence electrons. The summed E-state index contributed by atoms with van der Waals surface area (Å²) in [5.41, 5.74) is 6.61. The molecule has 2 aliphatic heterocycles. The van der Waals surface area contributed by atoms with Crippen molar-refractivity contribution in [2.75, 3.05) is 31.2 Å². The smallest absolute Gasteiger partial charge is 0.330 e.